The molecule has 0 aliphatic rings. The Labute approximate surface area is 129 Å². The largest absolute Gasteiger partial charge is 0.441 e. The number of hydrogen-bond acceptors (Lipinski definition) is 4. The smallest absolute Gasteiger partial charge is 0.227 e. The summed E-state index contributed by atoms with van der Waals surface area (Å²) in [6, 6.07) is 2.01. The summed E-state index contributed by atoms with van der Waals surface area (Å²) in [5, 5.41) is 8.57. The Balaban J connectivity index is 1.93. The first kappa shape index (κ1) is 13.6. The summed E-state index contributed by atoms with van der Waals surface area (Å²) in [4.78, 5) is 4.59. The fourth-order valence-corrected chi connectivity index (χ4v) is 2.97. The fraction of sp³-hybridized carbons (Fsp3) is 0.286. The quantitative estimate of drug-likeness (QED) is 0.705. The highest BCUT2D eigenvalue weighted by Gasteiger charge is 2.15. The van der Waals surface area contributed by atoms with E-state index in [1.54, 1.807) is 11.3 Å². The van der Waals surface area contributed by atoms with E-state index in [0.717, 1.165) is 32.9 Å². The van der Waals surface area contributed by atoms with Crippen molar-refractivity contribution in [2.45, 2.75) is 27.3 Å². The van der Waals surface area contributed by atoms with E-state index < -0.39 is 0 Å². The van der Waals surface area contributed by atoms with Crippen LogP contribution in [0.4, 0.5) is 0 Å². The molecule has 3 aromatic rings. The van der Waals surface area contributed by atoms with Gasteiger partial charge in [-0.25, -0.2) is 4.98 Å². The van der Waals surface area contributed by atoms with Crippen molar-refractivity contribution in [3.8, 4) is 11.5 Å². The van der Waals surface area contributed by atoms with Crippen molar-refractivity contribution in [1.29, 1.82) is 0 Å². The van der Waals surface area contributed by atoms with Gasteiger partial charge in [-0.3, -0.25) is 4.68 Å². The van der Waals surface area contributed by atoms with Gasteiger partial charge in [0.15, 0.2) is 0 Å². The molecule has 0 saturated heterocycles. The third-order valence-corrected chi connectivity index (χ3v) is 5.08. The zero-order chi connectivity index (χ0) is 14.3. The van der Waals surface area contributed by atoms with Gasteiger partial charge in [0.2, 0.25) is 5.89 Å². The lowest BCUT2D eigenvalue weighted by Gasteiger charge is -2.01. The lowest BCUT2D eigenvalue weighted by atomic mass is 10.3. The van der Waals surface area contributed by atoms with Gasteiger partial charge in [-0.2, -0.15) is 16.4 Å². The molecular formula is C14H14BrN3OS. The fourth-order valence-electron chi connectivity index (χ4n) is 2.06. The van der Waals surface area contributed by atoms with Gasteiger partial charge < -0.3 is 4.42 Å². The summed E-state index contributed by atoms with van der Waals surface area (Å²) in [5.41, 5.74) is 4.03. The predicted octanol–water partition coefficient (Wildman–Crippen LogP) is 4.34. The number of aromatic nitrogens is 3. The monoisotopic (exact) mass is 351 g/mol. The molecule has 0 aliphatic heterocycles. The van der Waals surface area contributed by atoms with Gasteiger partial charge in [-0.05, 0) is 48.1 Å². The van der Waals surface area contributed by atoms with Crippen LogP contribution >= 0.6 is 27.3 Å². The molecular weight excluding hydrogens is 338 g/mol. The SMILES string of the molecule is Cc1nn(Cc2nc(-c3ccsc3)oc2C)c(C)c1Br. The summed E-state index contributed by atoms with van der Waals surface area (Å²) in [6.45, 7) is 6.59. The zero-order valence-electron chi connectivity index (χ0n) is 11.5. The Hall–Kier alpha value is -1.40. The molecule has 3 heterocycles. The maximum Gasteiger partial charge on any atom is 0.227 e. The minimum Gasteiger partial charge on any atom is -0.441 e. The lowest BCUT2D eigenvalue weighted by Crippen LogP contribution is -2.05. The average molecular weight is 352 g/mol. The Bertz CT molecular complexity index is 743. The first-order chi connectivity index (χ1) is 9.56. The molecule has 0 fully saturated rings. The topological polar surface area (TPSA) is 43.9 Å². The van der Waals surface area contributed by atoms with Gasteiger partial charge in [0.1, 0.15) is 11.5 Å². The van der Waals surface area contributed by atoms with Gasteiger partial charge in [-0.15, -0.1) is 0 Å². The van der Waals surface area contributed by atoms with Crippen molar-refractivity contribution < 1.29 is 4.42 Å². The van der Waals surface area contributed by atoms with E-state index in [-0.39, 0.29) is 0 Å². The summed E-state index contributed by atoms with van der Waals surface area (Å²) in [6.07, 6.45) is 0. The summed E-state index contributed by atoms with van der Waals surface area (Å²) < 4.78 is 8.75. The molecule has 0 amide bonds. The molecule has 0 unspecified atom stereocenters. The van der Waals surface area contributed by atoms with Crippen LogP contribution in [-0.2, 0) is 6.54 Å². The maximum absolute atomic E-state index is 5.75. The summed E-state index contributed by atoms with van der Waals surface area (Å²) in [7, 11) is 0. The van der Waals surface area contributed by atoms with Crippen LogP contribution in [-0.4, -0.2) is 14.8 Å². The van der Waals surface area contributed by atoms with E-state index in [4.69, 9.17) is 4.42 Å². The number of thiophene rings is 1. The zero-order valence-corrected chi connectivity index (χ0v) is 13.9. The molecule has 4 nitrogen and oxygen atoms in total. The van der Waals surface area contributed by atoms with Crippen LogP contribution in [0.5, 0.6) is 0 Å². The highest BCUT2D eigenvalue weighted by atomic mass is 79.9. The van der Waals surface area contributed by atoms with Crippen molar-refractivity contribution >= 4 is 27.3 Å². The highest BCUT2D eigenvalue weighted by molar-refractivity contribution is 9.10. The first-order valence-corrected chi connectivity index (χ1v) is 7.98. The van der Waals surface area contributed by atoms with Crippen LogP contribution in [0.3, 0.4) is 0 Å². The molecule has 3 rings (SSSR count). The number of hydrogen-bond donors (Lipinski definition) is 0. The van der Waals surface area contributed by atoms with E-state index in [0.29, 0.717) is 12.4 Å². The molecule has 0 aromatic carbocycles. The molecule has 0 N–H and O–H groups in total. The Morgan fingerprint density at radius 3 is 2.75 bits per heavy atom. The van der Waals surface area contributed by atoms with Gasteiger partial charge in [-0.1, -0.05) is 0 Å². The van der Waals surface area contributed by atoms with Crippen LogP contribution in [0.15, 0.2) is 25.7 Å². The summed E-state index contributed by atoms with van der Waals surface area (Å²) >= 11 is 5.18. The molecule has 3 aromatic heterocycles. The first-order valence-electron chi connectivity index (χ1n) is 6.24. The molecule has 0 aliphatic carbocycles. The highest BCUT2D eigenvalue weighted by Crippen LogP contribution is 2.25. The van der Waals surface area contributed by atoms with Crippen LogP contribution in [0.2, 0.25) is 0 Å². The van der Waals surface area contributed by atoms with Crippen molar-refractivity contribution in [1.82, 2.24) is 14.8 Å². The van der Waals surface area contributed by atoms with E-state index in [9.17, 15) is 0 Å². The van der Waals surface area contributed by atoms with Crippen LogP contribution in [0.25, 0.3) is 11.5 Å². The molecule has 0 bridgehead atoms. The van der Waals surface area contributed by atoms with Crippen molar-refractivity contribution in [3.63, 3.8) is 0 Å². The predicted molar refractivity (Wildman–Crippen MR) is 83.1 cm³/mol. The molecule has 6 heteroatoms. The third-order valence-electron chi connectivity index (χ3n) is 3.25. The summed E-state index contributed by atoms with van der Waals surface area (Å²) in [5.74, 6) is 1.52. The molecule has 0 spiro atoms. The van der Waals surface area contributed by atoms with Crippen LogP contribution in [0, 0.1) is 20.8 Å². The second kappa shape index (κ2) is 5.18. The van der Waals surface area contributed by atoms with Crippen molar-refractivity contribution in [2.75, 3.05) is 0 Å². The third kappa shape index (κ3) is 2.33. The molecule has 104 valence electrons. The van der Waals surface area contributed by atoms with E-state index >= 15 is 0 Å². The standard InChI is InChI=1S/C14H14BrN3OS/c1-8-13(15)9(2)18(17-8)6-12-10(3)19-14(16-12)11-4-5-20-7-11/h4-5,7H,6H2,1-3H3. The maximum atomic E-state index is 5.75. The van der Waals surface area contributed by atoms with Gasteiger partial charge in [0, 0.05) is 10.9 Å². The number of halogens is 1. The van der Waals surface area contributed by atoms with E-state index in [1.807, 2.05) is 42.3 Å². The van der Waals surface area contributed by atoms with Gasteiger partial charge in [0.25, 0.3) is 0 Å². The van der Waals surface area contributed by atoms with Crippen molar-refractivity contribution in [3.05, 3.63) is 44.1 Å². The van der Waals surface area contributed by atoms with Crippen molar-refractivity contribution in [2.24, 2.45) is 0 Å². The minimum atomic E-state index is 0.623. The Morgan fingerprint density at radius 2 is 2.15 bits per heavy atom. The average Bonchev–Trinajstić information content (AvgIpc) is 3.10. The second-order valence-electron chi connectivity index (χ2n) is 4.68. The Morgan fingerprint density at radius 1 is 1.35 bits per heavy atom. The number of oxazole rings is 1. The number of aryl methyl sites for hydroxylation is 2. The molecule has 0 atom stereocenters. The minimum absolute atomic E-state index is 0.623. The van der Waals surface area contributed by atoms with Gasteiger partial charge >= 0.3 is 0 Å². The number of nitrogens with zero attached hydrogens (tertiary/aromatic N) is 3. The second-order valence-corrected chi connectivity index (χ2v) is 6.25. The Kier molecular flexibility index (Phi) is 3.52. The molecule has 0 radical (unpaired) electrons. The number of rotatable bonds is 3. The van der Waals surface area contributed by atoms with Crippen LogP contribution in [0.1, 0.15) is 22.8 Å². The molecule has 20 heavy (non-hydrogen) atoms. The van der Waals surface area contributed by atoms with E-state index in [1.165, 1.54) is 0 Å². The lowest BCUT2D eigenvalue weighted by molar-refractivity contribution is 0.535. The van der Waals surface area contributed by atoms with E-state index in [2.05, 4.69) is 26.0 Å². The van der Waals surface area contributed by atoms with Gasteiger partial charge in [0.05, 0.1) is 22.4 Å². The van der Waals surface area contributed by atoms with Crippen LogP contribution < -0.4 is 0 Å². The molecule has 0 saturated carbocycles. The normalized spacial score (nSPS) is 11.2.